The summed E-state index contributed by atoms with van der Waals surface area (Å²) < 4.78 is 0. The molecular weight excluding hydrogens is 212 g/mol. The number of amides is 1. The van der Waals surface area contributed by atoms with E-state index < -0.39 is 0 Å². The number of hydrogen-bond acceptors (Lipinski definition) is 2. The third kappa shape index (κ3) is 2.60. The fourth-order valence-corrected chi connectivity index (χ4v) is 2.36. The highest BCUT2D eigenvalue weighted by Gasteiger charge is 2.25. The third-order valence-electron chi connectivity index (χ3n) is 3.51. The Balaban J connectivity index is 2.06. The van der Waals surface area contributed by atoms with Crippen molar-refractivity contribution in [3.63, 3.8) is 0 Å². The van der Waals surface area contributed by atoms with Crippen LogP contribution in [0.1, 0.15) is 24.8 Å². The molecule has 0 aliphatic carbocycles. The quantitative estimate of drug-likeness (QED) is 0.779. The van der Waals surface area contributed by atoms with Crippen LogP contribution in [0.5, 0.6) is 0 Å². The lowest BCUT2D eigenvalue weighted by Crippen LogP contribution is -2.25. The number of likely N-dealkylation sites (tertiary alicyclic amines) is 1. The second-order valence-corrected chi connectivity index (χ2v) is 4.94. The van der Waals surface area contributed by atoms with Gasteiger partial charge in [0.25, 0.3) is 0 Å². The van der Waals surface area contributed by atoms with Crippen molar-refractivity contribution >= 4 is 11.6 Å². The summed E-state index contributed by atoms with van der Waals surface area (Å²) in [4.78, 5) is 15.3. The third-order valence-corrected chi connectivity index (χ3v) is 3.51. The predicted molar refractivity (Wildman–Crippen MR) is 70.4 cm³/mol. The van der Waals surface area contributed by atoms with E-state index >= 15 is 0 Å². The molecule has 1 fully saturated rings. The van der Waals surface area contributed by atoms with E-state index in [1.54, 1.807) is 6.92 Å². The molecule has 92 valence electrons. The van der Waals surface area contributed by atoms with E-state index in [0.29, 0.717) is 5.92 Å². The van der Waals surface area contributed by atoms with Crippen LogP contribution in [-0.2, 0) is 4.79 Å². The van der Waals surface area contributed by atoms with E-state index in [-0.39, 0.29) is 5.91 Å². The molecule has 1 aromatic rings. The lowest BCUT2D eigenvalue weighted by atomic mass is 9.98. The van der Waals surface area contributed by atoms with Crippen LogP contribution in [0.3, 0.4) is 0 Å². The van der Waals surface area contributed by atoms with Gasteiger partial charge in [-0.3, -0.25) is 4.79 Å². The van der Waals surface area contributed by atoms with Gasteiger partial charge in [-0.1, -0.05) is 12.1 Å². The zero-order valence-electron chi connectivity index (χ0n) is 10.8. The fourth-order valence-electron chi connectivity index (χ4n) is 2.36. The number of hydrogen-bond donors (Lipinski definition) is 0. The van der Waals surface area contributed by atoms with Crippen molar-refractivity contribution in [1.29, 1.82) is 0 Å². The van der Waals surface area contributed by atoms with Crippen molar-refractivity contribution in [2.24, 2.45) is 0 Å². The lowest BCUT2D eigenvalue weighted by molar-refractivity contribution is -0.127. The Bertz CT molecular complexity index is 397. The van der Waals surface area contributed by atoms with Crippen LogP contribution in [0.25, 0.3) is 0 Å². The van der Waals surface area contributed by atoms with Crippen LogP contribution in [0.2, 0.25) is 0 Å². The van der Waals surface area contributed by atoms with Crippen molar-refractivity contribution in [2.45, 2.75) is 19.3 Å². The van der Waals surface area contributed by atoms with Gasteiger partial charge in [-0.25, -0.2) is 0 Å². The molecule has 0 bridgehead atoms. The molecule has 0 spiro atoms. The predicted octanol–water partition coefficient (Wildman–Crippen LogP) is 2.09. The van der Waals surface area contributed by atoms with E-state index in [1.807, 2.05) is 19.0 Å². The Labute approximate surface area is 103 Å². The van der Waals surface area contributed by atoms with Crippen molar-refractivity contribution in [2.75, 3.05) is 32.1 Å². The second-order valence-electron chi connectivity index (χ2n) is 4.94. The molecule has 1 aliphatic rings. The molecule has 17 heavy (non-hydrogen) atoms. The van der Waals surface area contributed by atoms with Gasteiger partial charge in [-0.2, -0.15) is 0 Å². The van der Waals surface area contributed by atoms with E-state index in [0.717, 1.165) is 19.5 Å². The minimum Gasteiger partial charge on any atom is -0.378 e. The molecule has 0 aromatic heterocycles. The summed E-state index contributed by atoms with van der Waals surface area (Å²) in [5, 5.41) is 0. The summed E-state index contributed by atoms with van der Waals surface area (Å²) in [5.74, 6) is 0.701. The summed E-state index contributed by atoms with van der Waals surface area (Å²) in [5.41, 5.74) is 2.56. The highest BCUT2D eigenvalue weighted by atomic mass is 16.2. The molecular formula is C14H20N2O. The first-order valence-electron chi connectivity index (χ1n) is 6.10. The summed E-state index contributed by atoms with van der Waals surface area (Å²) in [6, 6.07) is 8.66. The molecule has 3 nitrogen and oxygen atoms in total. The molecule has 0 N–H and O–H groups in total. The Morgan fingerprint density at radius 2 is 1.94 bits per heavy atom. The van der Waals surface area contributed by atoms with Gasteiger partial charge in [0.2, 0.25) is 5.91 Å². The van der Waals surface area contributed by atoms with Crippen molar-refractivity contribution in [3.8, 4) is 0 Å². The maximum absolute atomic E-state index is 11.3. The smallest absolute Gasteiger partial charge is 0.219 e. The Hall–Kier alpha value is -1.51. The Morgan fingerprint density at radius 1 is 1.29 bits per heavy atom. The highest BCUT2D eigenvalue weighted by molar-refractivity contribution is 5.73. The maximum atomic E-state index is 11.3. The zero-order valence-corrected chi connectivity index (χ0v) is 10.8. The van der Waals surface area contributed by atoms with Crippen molar-refractivity contribution < 1.29 is 4.79 Å². The van der Waals surface area contributed by atoms with Crippen LogP contribution in [0, 0.1) is 0 Å². The molecule has 0 radical (unpaired) electrons. The topological polar surface area (TPSA) is 23.6 Å². The molecule has 1 saturated heterocycles. The summed E-state index contributed by atoms with van der Waals surface area (Å²) in [6.07, 6.45) is 1.08. The molecule has 1 aromatic carbocycles. The fraction of sp³-hybridized carbons (Fsp3) is 0.500. The molecule has 1 aliphatic heterocycles. The molecule has 1 amide bonds. The van der Waals surface area contributed by atoms with Gasteiger partial charge in [0.05, 0.1) is 0 Å². The largest absolute Gasteiger partial charge is 0.378 e. The first-order chi connectivity index (χ1) is 8.08. The first kappa shape index (κ1) is 12.0. The van der Waals surface area contributed by atoms with Crippen LogP contribution in [0.15, 0.2) is 24.3 Å². The second kappa shape index (κ2) is 4.78. The van der Waals surface area contributed by atoms with Crippen molar-refractivity contribution in [1.82, 2.24) is 4.90 Å². The molecule has 3 heteroatoms. The van der Waals surface area contributed by atoms with Gasteiger partial charge in [-0.05, 0) is 24.1 Å². The first-order valence-corrected chi connectivity index (χ1v) is 6.10. The zero-order chi connectivity index (χ0) is 12.4. The normalized spacial score (nSPS) is 19.5. The van der Waals surface area contributed by atoms with Gasteiger partial charge in [0.1, 0.15) is 0 Å². The van der Waals surface area contributed by atoms with Crippen molar-refractivity contribution in [3.05, 3.63) is 29.8 Å². The molecule has 1 heterocycles. The minimum atomic E-state index is 0.192. The number of rotatable bonds is 2. The summed E-state index contributed by atoms with van der Waals surface area (Å²) >= 11 is 0. The molecule has 1 unspecified atom stereocenters. The number of benzene rings is 1. The summed E-state index contributed by atoms with van der Waals surface area (Å²) in [6.45, 7) is 3.42. The number of carbonyl (C=O) groups is 1. The van der Waals surface area contributed by atoms with E-state index in [4.69, 9.17) is 0 Å². The number of carbonyl (C=O) groups excluding carboxylic acids is 1. The SMILES string of the molecule is CC(=O)N1CCC(c2ccc(N(C)C)cc2)C1. The van der Waals surface area contributed by atoms with Crippen LogP contribution >= 0.6 is 0 Å². The van der Waals surface area contributed by atoms with Crippen LogP contribution in [-0.4, -0.2) is 38.0 Å². The average Bonchev–Trinajstić information content (AvgIpc) is 2.78. The monoisotopic (exact) mass is 232 g/mol. The molecule has 0 saturated carbocycles. The minimum absolute atomic E-state index is 0.192. The van der Waals surface area contributed by atoms with Gasteiger partial charge in [0, 0.05) is 45.7 Å². The van der Waals surface area contributed by atoms with Gasteiger partial charge >= 0.3 is 0 Å². The Kier molecular flexibility index (Phi) is 3.36. The van der Waals surface area contributed by atoms with E-state index in [1.165, 1.54) is 11.3 Å². The van der Waals surface area contributed by atoms with Crippen LogP contribution in [0.4, 0.5) is 5.69 Å². The highest BCUT2D eigenvalue weighted by Crippen LogP contribution is 2.28. The average molecular weight is 232 g/mol. The van der Waals surface area contributed by atoms with Gasteiger partial charge in [0.15, 0.2) is 0 Å². The van der Waals surface area contributed by atoms with Gasteiger partial charge in [-0.15, -0.1) is 0 Å². The molecule has 1 atom stereocenters. The standard InChI is InChI=1S/C14H20N2O/c1-11(17)16-9-8-13(10-16)12-4-6-14(7-5-12)15(2)3/h4-7,13H,8-10H2,1-3H3. The van der Waals surface area contributed by atoms with E-state index in [2.05, 4.69) is 29.2 Å². The van der Waals surface area contributed by atoms with Crippen LogP contribution < -0.4 is 4.90 Å². The number of nitrogens with zero attached hydrogens (tertiary/aromatic N) is 2. The maximum Gasteiger partial charge on any atom is 0.219 e. The van der Waals surface area contributed by atoms with E-state index in [9.17, 15) is 4.79 Å². The lowest BCUT2D eigenvalue weighted by Gasteiger charge is -2.16. The Morgan fingerprint density at radius 3 is 2.41 bits per heavy atom. The number of anilines is 1. The molecule has 2 rings (SSSR count). The summed E-state index contributed by atoms with van der Waals surface area (Å²) in [7, 11) is 4.09. The van der Waals surface area contributed by atoms with Gasteiger partial charge < -0.3 is 9.80 Å².